The minimum absolute atomic E-state index is 0. The van der Waals surface area contributed by atoms with Gasteiger partial charge in [0.05, 0.1) is 0 Å². The van der Waals surface area contributed by atoms with E-state index in [1.165, 1.54) is 12.1 Å². The monoisotopic (exact) mass is 378 g/mol. The van der Waals surface area contributed by atoms with Crippen molar-refractivity contribution in [1.29, 1.82) is 0 Å². The van der Waals surface area contributed by atoms with Gasteiger partial charge < -0.3 is 15.8 Å². The zero-order valence-electron chi connectivity index (χ0n) is 14.7. The van der Waals surface area contributed by atoms with E-state index < -0.39 is 0 Å². The minimum atomic E-state index is -0.293. The van der Waals surface area contributed by atoms with E-state index >= 15 is 0 Å². The van der Waals surface area contributed by atoms with E-state index in [2.05, 4.69) is 5.32 Å². The summed E-state index contributed by atoms with van der Waals surface area (Å²) in [5.41, 5.74) is 7.83. The summed E-state index contributed by atoms with van der Waals surface area (Å²) in [7, 11) is 0. The Bertz CT molecular complexity index is 752. The molecule has 26 heavy (non-hydrogen) atoms. The molecule has 0 saturated heterocycles. The van der Waals surface area contributed by atoms with Crippen molar-refractivity contribution in [2.45, 2.75) is 38.8 Å². The molecule has 2 aromatic rings. The molecule has 0 spiro atoms. The highest BCUT2D eigenvalue weighted by atomic mass is 35.5. The van der Waals surface area contributed by atoms with E-state index in [9.17, 15) is 9.18 Å². The average Bonchev–Trinajstić information content (AvgIpc) is 3.03. The summed E-state index contributed by atoms with van der Waals surface area (Å²) >= 11 is 0. The standard InChI is InChI=1S/C20H23FN2O2.ClH/c1-13-10-14(12-23-20(24)15-3-6-17(22)11-15)2-9-19(13)25-18-7-4-16(21)5-8-18;/h2,4-5,7-10,15,17H,3,6,11-12,22H2,1H3,(H,23,24);1H. The Kier molecular flexibility index (Phi) is 7.00. The van der Waals surface area contributed by atoms with Gasteiger partial charge in [-0.2, -0.15) is 0 Å². The third-order valence-corrected chi connectivity index (χ3v) is 4.59. The van der Waals surface area contributed by atoms with Crippen LogP contribution in [0.3, 0.4) is 0 Å². The predicted octanol–water partition coefficient (Wildman–Crippen LogP) is 4.09. The highest BCUT2D eigenvalue weighted by molar-refractivity contribution is 5.85. The second kappa shape index (κ2) is 9.01. The lowest BCUT2D eigenvalue weighted by molar-refractivity contribution is -0.125. The third-order valence-electron chi connectivity index (χ3n) is 4.59. The summed E-state index contributed by atoms with van der Waals surface area (Å²) in [4.78, 5) is 12.2. The molecule has 2 unspecified atom stereocenters. The Hall–Kier alpha value is -2.11. The molecule has 140 valence electrons. The van der Waals surface area contributed by atoms with Gasteiger partial charge in [-0.15, -0.1) is 12.4 Å². The van der Waals surface area contributed by atoms with Crippen LogP contribution in [0.1, 0.15) is 30.4 Å². The summed E-state index contributed by atoms with van der Waals surface area (Å²) in [6.07, 6.45) is 2.57. The Morgan fingerprint density at radius 1 is 1.23 bits per heavy atom. The number of rotatable bonds is 5. The van der Waals surface area contributed by atoms with Crippen LogP contribution in [0, 0.1) is 18.7 Å². The van der Waals surface area contributed by atoms with Crippen LogP contribution in [-0.2, 0) is 11.3 Å². The molecule has 0 radical (unpaired) electrons. The van der Waals surface area contributed by atoms with Crippen molar-refractivity contribution in [3.05, 3.63) is 59.4 Å². The molecule has 0 bridgehead atoms. The molecular weight excluding hydrogens is 355 g/mol. The molecule has 1 aliphatic carbocycles. The molecule has 4 nitrogen and oxygen atoms in total. The number of carbonyl (C=O) groups is 1. The van der Waals surface area contributed by atoms with Crippen LogP contribution in [0.5, 0.6) is 11.5 Å². The summed E-state index contributed by atoms with van der Waals surface area (Å²) in [6.45, 7) is 2.43. The highest BCUT2D eigenvalue weighted by Gasteiger charge is 2.27. The first kappa shape index (κ1) is 20.2. The maximum Gasteiger partial charge on any atom is 0.223 e. The summed E-state index contributed by atoms with van der Waals surface area (Å²) in [6, 6.07) is 11.8. The van der Waals surface area contributed by atoms with Gasteiger partial charge in [-0.3, -0.25) is 4.79 Å². The predicted molar refractivity (Wildman–Crippen MR) is 102 cm³/mol. The number of nitrogens with two attached hydrogens (primary N) is 1. The second-order valence-electron chi connectivity index (χ2n) is 6.64. The van der Waals surface area contributed by atoms with Crippen molar-refractivity contribution < 1.29 is 13.9 Å². The van der Waals surface area contributed by atoms with Crippen molar-refractivity contribution in [2.24, 2.45) is 11.7 Å². The molecule has 3 rings (SSSR count). The lowest BCUT2D eigenvalue weighted by Gasteiger charge is -2.13. The molecule has 1 amide bonds. The van der Waals surface area contributed by atoms with Crippen molar-refractivity contribution in [3.63, 3.8) is 0 Å². The molecule has 3 N–H and O–H groups in total. The van der Waals surface area contributed by atoms with Gasteiger partial charge in [0, 0.05) is 18.5 Å². The molecule has 2 aromatic carbocycles. The molecular formula is C20H24ClFN2O2. The Morgan fingerprint density at radius 2 is 1.96 bits per heavy atom. The lowest BCUT2D eigenvalue weighted by Crippen LogP contribution is -2.30. The summed E-state index contributed by atoms with van der Waals surface area (Å²) in [5.74, 6) is 1.12. The number of carbonyl (C=O) groups excluding carboxylic acids is 1. The Labute approximate surface area is 159 Å². The van der Waals surface area contributed by atoms with Crippen molar-refractivity contribution in [2.75, 3.05) is 0 Å². The number of hydrogen-bond acceptors (Lipinski definition) is 3. The largest absolute Gasteiger partial charge is 0.457 e. The maximum absolute atomic E-state index is 12.9. The molecule has 0 aromatic heterocycles. The van der Waals surface area contributed by atoms with Crippen molar-refractivity contribution in [1.82, 2.24) is 5.32 Å². The zero-order valence-corrected chi connectivity index (χ0v) is 15.5. The zero-order chi connectivity index (χ0) is 17.8. The van der Waals surface area contributed by atoms with Gasteiger partial charge in [0.15, 0.2) is 0 Å². The van der Waals surface area contributed by atoms with Crippen LogP contribution in [0.4, 0.5) is 4.39 Å². The van der Waals surface area contributed by atoms with E-state index in [1.807, 2.05) is 25.1 Å². The van der Waals surface area contributed by atoms with Gasteiger partial charge in [0.25, 0.3) is 0 Å². The Balaban J connectivity index is 0.00000243. The molecule has 6 heteroatoms. The fourth-order valence-electron chi connectivity index (χ4n) is 3.15. The number of halogens is 2. The van der Waals surface area contributed by atoms with Crippen LogP contribution >= 0.6 is 12.4 Å². The van der Waals surface area contributed by atoms with Gasteiger partial charge in [-0.25, -0.2) is 4.39 Å². The molecule has 2 atom stereocenters. The summed E-state index contributed by atoms with van der Waals surface area (Å²) in [5, 5.41) is 2.99. The fraction of sp³-hybridized carbons (Fsp3) is 0.350. The van der Waals surface area contributed by atoms with Crippen molar-refractivity contribution in [3.8, 4) is 11.5 Å². The van der Waals surface area contributed by atoms with E-state index in [0.29, 0.717) is 18.0 Å². The van der Waals surface area contributed by atoms with Crippen molar-refractivity contribution >= 4 is 18.3 Å². The van der Waals surface area contributed by atoms with Crippen LogP contribution in [0.25, 0.3) is 0 Å². The SMILES string of the molecule is Cc1cc(CNC(=O)C2CCC(N)C2)ccc1Oc1ccc(F)cc1.Cl. The second-order valence-corrected chi connectivity index (χ2v) is 6.64. The first-order valence-electron chi connectivity index (χ1n) is 8.57. The van der Waals surface area contributed by atoms with Crippen LogP contribution < -0.4 is 15.8 Å². The number of hydrogen-bond donors (Lipinski definition) is 2. The van der Waals surface area contributed by atoms with Gasteiger partial charge in [0.1, 0.15) is 17.3 Å². The molecule has 0 heterocycles. The van der Waals surface area contributed by atoms with Gasteiger partial charge >= 0.3 is 0 Å². The van der Waals surface area contributed by atoms with E-state index in [0.717, 1.165) is 30.4 Å². The van der Waals surface area contributed by atoms with E-state index in [-0.39, 0.29) is 36.1 Å². The van der Waals surface area contributed by atoms with E-state index in [1.54, 1.807) is 12.1 Å². The smallest absolute Gasteiger partial charge is 0.223 e. The van der Waals surface area contributed by atoms with Gasteiger partial charge in [-0.1, -0.05) is 12.1 Å². The summed E-state index contributed by atoms with van der Waals surface area (Å²) < 4.78 is 18.7. The van der Waals surface area contributed by atoms with Crippen LogP contribution in [0.15, 0.2) is 42.5 Å². The first-order valence-corrected chi connectivity index (χ1v) is 8.57. The molecule has 1 fully saturated rings. The number of ether oxygens (including phenoxy) is 1. The molecule has 0 aliphatic heterocycles. The third kappa shape index (κ3) is 5.19. The molecule has 1 saturated carbocycles. The number of benzene rings is 2. The number of nitrogens with one attached hydrogen (secondary N) is 1. The highest BCUT2D eigenvalue weighted by Crippen LogP contribution is 2.27. The maximum atomic E-state index is 12.9. The normalized spacial score (nSPS) is 18.9. The first-order chi connectivity index (χ1) is 12.0. The Morgan fingerprint density at radius 3 is 2.58 bits per heavy atom. The van der Waals surface area contributed by atoms with Gasteiger partial charge in [0.2, 0.25) is 5.91 Å². The minimum Gasteiger partial charge on any atom is -0.457 e. The topological polar surface area (TPSA) is 64.4 Å². The quantitative estimate of drug-likeness (QED) is 0.823. The van der Waals surface area contributed by atoms with E-state index in [4.69, 9.17) is 10.5 Å². The number of aryl methyl sites for hydroxylation is 1. The van der Waals surface area contributed by atoms with Crippen LogP contribution in [-0.4, -0.2) is 11.9 Å². The average molecular weight is 379 g/mol. The number of amides is 1. The van der Waals surface area contributed by atoms with Gasteiger partial charge in [-0.05, 0) is 67.6 Å². The molecule has 1 aliphatic rings. The van der Waals surface area contributed by atoms with Crippen LogP contribution in [0.2, 0.25) is 0 Å². The fourth-order valence-corrected chi connectivity index (χ4v) is 3.15. The lowest BCUT2D eigenvalue weighted by atomic mass is 10.1.